The van der Waals surface area contributed by atoms with Crippen molar-refractivity contribution in [3.05, 3.63) is 54.6 Å². The Morgan fingerprint density at radius 2 is 1.61 bits per heavy atom. The summed E-state index contributed by atoms with van der Waals surface area (Å²) in [5.41, 5.74) is 2.21. The van der Waals surface area contributed by atoms with Gasteiger partial charge in [-0.15, -0.1) is 0 Å². The fourth-order valence-corrected chi connectivity index (χ4v) is 4.69. The molecule has 1 fully saturated rings. The maximum absolute atomic E-state index is 12.6. The molecule has 0 bridgehead atoms. The highest BCUT2D eigenvalue weighted by Crippen LogP contribution is 2.28. The maximum Gasteiger partial charge on any atom is 0.411 e. The molecule has 1 aliphatic rings. The second-order valence-corrected chi connectivity index (χ2v) is 11.5. The largest absolute Gasteiger partial charge is 0.446 e. The Labute approximate surface area is 244 Å². The van der Waals surface area contributed by atoms with Crippen LogP contribution >= 0.6 is 0 Å². The number of likely N-dealkylation sites (N-methyl/N-ethyl adjacent to an activating group) is 1. The quantitative estimate of drug-likeness (QED) is 0.310. The summed E-state index contributed by atoms with van der Waals surface area (Å²) in [4.78, 5) is 40.9. The zero-order valence-electron chi connectivity index (χ0n) is 25.0. The van der Waals surface area contributed by atoms with Crippen molar-refractivity contribution in [2.45, 2.75) is 71.0 Å². The number of unbranched alkanes of at least 4 members (excludes halogenated alkanes) is 2. The van der Waals surface area contributed by atoms with Crippen LogP contribution in [0.25, 0.3) is 11.1 Å². The SMILES string of the molecule is CN(CCN1CCC(OC(=O)Nc2ccccc2-c2ccccc2)CC1)C(=O)CCCCCNC(=O)OC(C)(C)C. The number of benzene rings is 2. The lowest BCUT2D eigenvalue weighted by Gasteiger charge is -2.32. The standard InChI is InChI=1S/C32H46N4O5/c1-32(2,3)41-30(38)33-20-12-6-9-17-29(37)35(4)23-24-36-21-18-26(19-22-36)40-31(39)34-28-16-11-10-15-27(28)25-13-7-5-8-14-25/h5,7-8,10-11,13-16,26H,6,9,12,17-24H2,1-4H3,(H,33,38)(H,34,39). The number of hydrogen-bond acceptors (Lipinski definition) is 6. The van der Waals surface area contributed by atoms with Gasteiger partial charge in [-0.3, -0.25) is 10.1 Å². The third kappa shape index (κ3) is 11.8. The van der Waals surface area contributed by atoms with E-state index in [1.54, 1.807) is 4.90 Å². The number of hydrogen-bond donors (Lipinski definition) is 2. The Balaban J connectivity index is 1.27. The molecule has 0 radical (unpaired) electrons. The molecule has 0 aliphatic carbocycles. The van der Waals surface area contributed by atoms with Gasteiger partial charge in [0.05, 0.1) is 5.69 Å². The number of nitrogens with zero attached hydrogens (tertiary/aromatic N) is 2. The second-order valence-electron chi connectivity index (χ2n) is 11.5. The maximum atomic E-state index is 12.6. The minimum atomic E-state index is -0.502. The summed E-state index contributed by atoms with van der Waals surface area (Å²) in [7, 11) is 1.85. The van der Waals surface area contributed by atoms with E-state index in [0.29, 0.717) is 19.5 Å². The molecule has 0 spiro atoms. The van der Waals surface area contributed by atoms with Crippen molar-refractivity contribution in [1.29, 1.82) is 0 Å². The first-order valence-electron chi connectivity index (χ1n) is 14.7. The van der Waals surface area contributed by atoms with Gasteiger partial charge in [-0.1, -0.05) is 55.0 Å². The number of anilines is 1. The first kappa shape index (κ1) is 31.9. The van der Waals surface area contributed by atoms with Crippen LogP contribution in [0.3, 0.4) is 0 Å². The number of piperidine rings is 1. The fourth-order valence-electron chi connectivity index (χ4n) is 4.69. The number of para-hydroxylation sites is 1. The third-order valence-corrected chi connectivity index (χ3v) is 6.97. The molecule has 3 amide bonds. The van der Waals surface area contributed by atoms with Crippen molar-refractivity contribution < 1.29 is 23.9 Å². The minimum Gasteiger partial charge on any atom is -0.446 e. The molecule has 0 aromatic heterocycles. The molecule has 0 unspecified atom stereocenters. The molecule has 1 saturated heterocycles. The van der Waals surface area contributed by atoms with Crippen molar-refractivity contribution >= 4 is 23.8 Å². The number of rotatable bonds is 12. The lowest BCUT2D eigenvalue weighted by molar-refractivity contribution is -0.130. The van der Waals surface area contributed by atoms with E-state index in [-0.39, 0.29) is 12.0 Å². The number of carbonyl (C=O) groups excluding carboxylic acids is 3. The fraction of sp³-hybridized carbons (Fsp3) is 0.531. The molecular formula is C32H46N4O5. The normalized spacial score (nSPS) is 14.2. The van der Waals surface area contributed by atoms with E-state index >= 15 is 0 Å². The van der Waals surface area contributed by atoms with Crippen molar-refractivity contribution in [2.75, 3.05) is 45.1 Å². The van der Waals surface area contributed by atoms with Crippen LogP contribution in [-0.2, 0) is 14.3 Å². The van der Waals surface area contributed by atoms with Crippen LogP contribution in [0.15, 0.2) is 54.6 Å². The Bertz CT molecular complexity index is 1110. The molecule has 2 N–H and O–H groups in total. The lowest BCUT2D eigenvalue weighted by atomic mass is 10.0. The van der Waals surface area contributed by atoms with Gasteiger partial charge in [0, 0.05) is 51.8 Å². The first-order valence-corrected chi connectivity index (χ1v) is 14.7. The average Bonchev–Trinajstić information content (AvgIpc) is 2.94. The van der Waals surface area contributed by atoms with Crippen LogP contribution in [0.1, 0.15) is 59.3 Å². The highest BCUT2D eigenvalue weighted by Gasteiger charge is 2.23. The van der Waals surface area contributed by atoms with Gasteiger partial charge in [-0.25, -0.2) is 9.59 Å². The van der Waals surface area contributed by atoms with Crippen LogP contribution in [-0.4, -0.2) is 79.4 Å². The highest BCUT2D eigenvalue weighted by molar-refractivity contribution is 5.91. The Hall–Kier alpha value is -3.59. The molecule has 0 atom stereocenters. The van der Waals surface area contributed by atoms with Gasteiger partial charge in [0.25, 0.3) is 0 Å². The summed E-state index contributed by atoms with van der Waals surface area (Å²) >= 11 is 0. The van der Waals surface area contributed by atoms with Crippen molar-refractivity contribution in [3.63, 3.8) is 0 Å². The predicted molar refractivity (Wildman–Crippen MR) is 162 cm³/mol. The van der Waals surface area contributed by atoms with E-state index in [4.69, 9.17) is 9.47 Å². The molecule has 2 aromatic rings. The average molecular weight is 567 g/mol. The third-order valence-electron chi connectivity index (χ3n) is 6.97. The van der Waals surface area contributed by atoms with Gasteiger partial charge in [0.1, 0.15) is 11.7 Å². The second kappa shape index (κ2) is 16.0. The molecule has 9 heteroatoms. The number of likely N-dealkylation sites (tertiary alicyclic amines) is 1. The molecule has 3 rings (SSSR count). The summed E-state index contributed by atoms with van der Waals surface area (Å²) in [5, 5.41) is 5.66. The Morgan fingerprint density at radius 1 is 0.927 bits per heavy atom. The summed E-state index contributed by atoms with van der Waals surface area (Å²) in [6.07, 6.45) is 3.54. The molecular weight excluding hydrogens is 520 g/mol. The van der Waals surface area contributed by atoms with Crippen LogP contribution in [0, 0.1) is 0 Å². The van der Waals surface area contributed by atoms with Crippen LogP contribution < -0.4 is 10.6 Å². The van der Waals surface area contributed by atoms with Crippen LogP contribution in [0.2, 0.25) is 0 Å². The number of alkyl carbamates (subject to hydrolysis) is 1. The minimum absolute atomic E-state index is 0.126. The van der Waals surface area contributed by atoms with E-state index in [1.165, 1.54) is 0 Å². The van der Waals surface area contributed by atoms with Crippen molar-refractivity contribution in [3.8, 4) is 11.1 Å². The van der Waals surface area contributed by atoms with Crippen molar-refractivity contribution in [2.24, 2.45) is 0 Å². The predicted octanol–water partition coefficient (Wildman–Crippen LogP) is 5.91. The van der Waals surface area contributed by atoms with E-state index in [2.05, 4.69) is 15.5 Å². The van der Waals surface area contributed by atoms with E-state index in [9.17, 15) is 14.4 Å². The van der Waals surface area contributed by atoms with E-state index in [0.717, 1.165) is 68.6 Å². The van der Waals surface area contributed by atoms with Gasteiger partial charge < -0.3 is 24.6 Å². The van der Waals surface area contributed by atoms with Crippen molar-refractivity contribution in [1.82, 2.24) is 15.1 Å². The number of ether oxygens (including phenoxy) is 2. The lowest BCUT2D eigenvalue weighted by Crippen LogP contribution is -2.42. The Kier molecular flexibility index (Phi) is 12.5. The van der Waals surface area contributed by atoms with Crippen LogP contribution in [0.5, 0.6) is 0 Å². The summed E-state index contributed by atoms with van der Waals surface area (Å²) in [5.74, 6) is 0.135. The monoisotopic (exact) mass is 566 g/mol. The first-order chi connectivity index (χ1) is 19.6. The molecule has 2 aromatic carbocycles. The zero-order valence-corrected chi connectivity index (χ0v) is 25.0. The zero-order chi connectivity index (χ0) is 29.7. The van der Waals surface area contributed by atoms with Gasteiger partial charge in [0.15, 0.2) is 0 Å². The van der Waals surface area contributed by atoms with Gasteiger partial charge in [-0.2, -0.15) is 0 Å². The van der Waals surface area contributed by atoms with E-state index in [1.807, 2.05) is 82.4 Å². The molecule has 1 heterocycles. The topological polar surface area (TPSA) is 100 Å². The smallest absolute Gasteiger partial charge is 0.411 e. The molecule has 224 valence electrons. The molecule has 9 nitrogen and oxygen atoms in total. The summed E-state index contributed by atoms with van der Waals surface area (Å²) in [6.45, 7) is 9.16. The van der Waals surface area contributed by atoms with Gasteiger partial charge in [0.2, 0.25) is 5.91 Å². The Morgan fingerprint density at radius 3 is 2.32 bits per heavy atom. The molecule has 0 saturated carbocycles. The van der Waals surface area contributed by atoms with Crippen LogP contribution in [0.4, 0.5) is 15.3 Å². The number of carbonyl (C=O) groups is 3. The molecule has 41 heavy (non-hydrogen) atoms. The number of nitrogens with one attached hydrogen (secondary N) is 2. The number of amides is 3. The van der Waals surface area contributed by atoms with E-state index < -0.39 is 17.8 Å². The summed E-state index contributed by atoms with van der Waals surface area (Å²) < 4.78 is 10.9. The molecule has 1 aliphatic heterocycles. The van der Waals surface area contributed by atoms with Gasteiger partial charge in [-0.05, 0) is 58.1 Å². The van der Waals surface area contributed by atoms with Gasteiger partial charge >= 0.3 is 12.2 Å². The highest BCUT2D eigenvalue weighted by atomic mass is 16.6. The summed E-state index contributed by atoms with van der Waals surface area (Å²) in [6, 6.07) is 17.7.